The van der Waals surface area contributed by atoms with E-state index in [2.05, 4.69) is 44.3 Å². The van der Waals surface area contributed by atoms with Crippen molar-refractivity contribution in [2.24, 2.45) is 12.0 Å². The van der Waals surface area contributed by atoms with E-state index in [0.29, 0.717) is 12.1 Å². The molecule has 3 rings (SSSR count). The van der Waals surface area contributed by atoms with Crippen molar-refractivity contribution in [2.45, 2.75) is 51.1 Å². The van der Waals surface area contributed by atoms with Gasteiger partial charge in [-0.1, -0.05) is 19.3 Å². The summed E-state index contributed by atoms with van der Waals surface area (Å²) in [6.45, 7) is 6.93. The van der Waals surface area contributed by atoms with E-state index in [4.69, 9.17) is 4.99 Å². The maximum Gasteiger partial charge on any atom is 0.191 e. The van der Waals surface area contributed by atoms with Crippen LogP contribution in [0, 0.1) is 0 Å². The number of hydrogen-bond donors (Lipinski definition) is 2. The van der Waals surface area contributed by atoms with Crippen LogP contribution in [0.4, 0.5) is 0 Å². The van der Waals surface area contributed by atoms with Crippen LogP contribution in [0.15, 0.2) is 11.3 Å². The number of guanidine groups is 1. The van der Waals surface area contributed by atoms with Gasteiger partial charge in [0.25, 0.3) is 0 Å². The zero-order valence-electron chi connectivity index (χ0n) is 16.6. The Morgan fingerprint density at radius 1 is 1.22 bits per heavy atom. The highest BCUT2D eigenvalue weighted by Crippen LogP contribution is 2.34. The Labute approximate surface area is 184 Å². The first-order valence-electron chi connectivity index (χ1n) is 9.91. The summed E-state index contributed by atoms with van der Waals surface area (Å²) >= 11 is 2.09. The fraction of sp³-hybridized carbons (Fsp3) is 0.833. The second kappa shape index (κ2) is 11.5. The number of halogens is 1. The van der Waals surface area contributed by atoms with E-state index in [1.807, 2.05) is 7.05 Å². The van der Waals surface area contributed by atoms with Gasteiger partial charge < -0.3 is 10.6 Å². The topological polar surface area (TPSA) is 70.4 Å². The molecule has 2 aliphatic rings. The average molecular weight is 507 g/mol. The van der Waals surface area contributed by atoms with Crippen LogP contribution in [0.25, 0.3) is 0 Å². The summed E-state index contributed by atoms with van der Waals surface area (Å²) in [5.41, 5.74) is 0.292. The largest absolute Gasteiger partial charge is 0.357 e. The third kappa shape index (κ3) is 6.22. The SMILES string of the molecule is CCNC(=NCc1ncnn1C)NCC1(N2CCSCC2)CCCCC1.I. The molecule has 9 heteroatoms. The minimum absolute atomic E-state index is 0. The molecule has 1 saturated carbocycles. The zero-order valence-corrected chi connectivity index (χ0v) is 19.8. The fourth-order valence-electron chi connectivity index (χ4n) is 4.06. The molecule has 1 saturated heterocycles. The van der Waals surface area contributed by atoms with E-state index in [9.17, 15) is 0 Å². The number of nitrogens with zero attached hydrogens (tertiary/aromatic N) is 5. The van der Waals surface area contributed by atoms with Gasteiger partial charge in [-0.2, -0.15) is 16.9 Å². The molecule has 2 heterocycles. The lowest BCUT2D eigenvalue weighted by molar-refractivity contribution is 0.0626. The van der Waals surface area contributed by atoms with E-state index in [-0.39, 0.29) is 24.0 Å². The molecule has 1 aliphatic carbocycles. The summed E-state index contributed by atoms with van der Waals surface area (Å²) in [5.74, 6) is 4.29. The molecule has 7 nitrogen and oxygen atoms in total. The summed E-state index contributed by atoms with van der Waals surface area (Å²) in [6.07, 6.45) is 8.25. The summed E-state index contributed by atoms with van der Waals surface area (Å²) in [6, 6.07) is 0. The predicted octanol–water partition coefficient (Wildman–Crippen LogP) is 2.24. The van der Waals surface area contributed by atoms with Gasteiger partial charge in [0, 0.05) is 50.3 Å². The molecule has 27 heavy (non-hydrogen) atoms. The highest BCUT2D eigenvalue weighted by molar-refractivity contribution is 14.0. The van der Waals surface area contributed by atoms with Crippen molar-refractivity contribution < 1.29 is 0 Å². The van der Waals surface area contributed by atoms with Crippen molar-refractivity contribution in [1.82, 2.24) is 30.3 Å². The van der Waals surface area contributed by atoms with Crippen molar-refractivity contribution >= 4 is 41.7 Å². The lowest BCUT2D eigenvalue weighted by atomic mass is 9.80. The van der Waals surface area contributed by atoms with Crippen molar-refractivity contribution in [1.29, 1.82) is 0 Å². The Morgan fingerprint density at radius 3 is 2.59 bits per heavy atom. The van der Waals surface area contributed by atoms with Crippen molar-refractivity contribution in [3.8, 4) is 0 Å². The highest BCUT2D eigenvalue weighted by atomic mass is 127. The maximum absolute atomic E-state index is 4.73. The molecule has 0 amide bonds. The van der Waals surface area contributed by atoms with Gasteiger partial charge in [-0.25, -0.2) is 9.98 Å². The number of hydrogen-bond acceptors (Lipinski definition) is 5. The number of nitrogens with one attached hydrogen (secondary N) is 2. The van der Waals surface area contributed by atoms with Gasteiger partial charge in [-0.05, 0) is 19.8 Å². The first-order valence-corrected chi connectivity index (χ1v) is 11.1. The van der Waals surface area contributed by atoms with Crippen molar-refractivity contribution in [2.75, 3.05) is 37.7 Å². The van der Waals surface area contributed by atoms with Gasteiger partial charge in [0.15, 0.2) is 5.96 Å². The quantitative estimate of drug-likeness (QED) is 0.350. The van der Waals surface area contributed by atoms with Gasteiger partial charge in [0.2, 0.25) is 0 Å². The molecule has 1 aromatic rings. The summed E-state index contributed by atoms with van der Waals surface area (Å²) in [4.78, 5) is 11.7. The molecular formula is C18H34IN7S. The third-order valence-electron chi connectivity index (χ3n) is 5.58. The molecule has 0 bridgehead atoms. The Kier molecular flexibility index (Phi) is 9.64. The van der Waals surface area contributed by atoms with Gasteiger partial charge in [0.05, 0.1) is 0 Å². The number of rotatable bonds is 6. The molecule has 0 radical (unpaired) electrons. The van der Waals surface area contributed by atoms with E-state index in [1.54, 1.807) is 11.0 Å². The lowest BCUT2D eigenvalue weighted by Gasteiger charge is -2.48. The van der Waals surface area contributed by atoms with Crippen LogP contribution in [-0.4, -0.2) is 68.8 Å². The summed E-state index contributed by atoms with van der Waals surface area (Å²) in [7, 11) is 1.91. The van der Waals surface area contributed by atoms with Gasteiger partial charge in [0.1, 0.15) is 18.7 Å². The summed E-state index contributed by atoms with van der Waals surface area (Å²) < 4.78 is 1.78. The molecule has 154 valence electrons. The number of aryl methyl sites for hydroxylation is 1. The van der Waals surface area contributed by atoms with Gasteiger partial charge >= 0.3 is 0 Å². The van der Waals surface area contributed by atoms with Crippen LogP contribution in [0.2, 0.25) is 0 Å². The smallest absolute Gasteiger partial charge is 0.191 e. The average Bonchev–Trinajstić information content (AvgIpc) is 3.10. The van der Waals surface area contributed by atoms with E-state index in [1.165, 1.54) is 56.7 Å². The van der Waals surface area contributed by atoms with E-state index < -0.39 is 0 Å². The van der Waals surface area contributed by atoms with Crippen LogP contribution in [0.1, 0.15) is 44.9 Å². The van der Waals surface area contributed by atoms with Crippen LogP contribution in [0.5, 0.6) is 0 Å². The Balaban J connectivity index is 0.00000261. The number of aliphatic imine (C=N–C) groups is 1. The van der Waals surface area contributed by atoms with Crippen molar-refractivity contribution in [3.63, 3.8) is 0 Å². The molecule has 0 spiro atoms. The second-order valence-electron chi connectivity index (χ2n) is 7.23. The second-order valence-corrected chi connectivity index (χ2v) is 8.46. The van der Waals surface area contributed by atoms with Crippen LogP contribution in [0.3, 0.4) is 0 Å². The molecule has 2 N–H and O–H groups in total. The van der Waals surface area contributed by atoms with Crippen LogP contribution >= 0.6 is 35.7 Å². The van der Waals surface area contributed by atoms with Crippen LogP contribution < -0.4 is 10.6 Å². The molecular weight excluding hydrogens is 473 g/mol. The zero-order chi connectivity index (χ0) is 18.2. The molecule has 1 aliphatic heterocycles. The lowest BCUT2D eigenvalue weighted by Crippen LogP contribution is -2.59. The normalized spacial score (nSPS) is 20.7. The summed E-state index contributed by atoms with van der Waals surface area (Å²) in [5, 5.41) is 11.1. The Bertz CT molecular complexity index is 580. The molecule has 1 aromatic heterocycles. The molecule has 0 unspecified atom stereocenters. The highest BCUT2D eigenvalue weighted by Gasteiger charge is 2.38. The molecule has 2 fully saturated rings. The fourth-order valence-corrected chi connectivity index (χ4v) is 4.96. The Hall–Kier alpha value is -0.550. The van der Waals surface area contributed by atoms with E-state index in [0.717, 1.165) is 24.9 Å². The minimum atomic E-state index is 0. The Morgan fingerprint density at radius 2 is 1.96 bits per heavy atom. The third-order valence-corrected chi connectivity index (χ3v) is 6.52. The van der Waals surface area contributed by atoms with E-state index >= 15 is 0 Å². The molecule has 0 atom stereocenters. The minimum Gasteiger partial charge on any atom is -0.357 e. The monoisotopic (exact) mass is 507 g/mol. The molecule has 0 aromatic carbocycles. The van der Waals surface area contributed by atoms with Crippen LogP contribution in [-0.2, 0) is 13.6 Å². The maximum atomic E-state index is 4.73. The first kappa shape index (κ1) is 22.7. The number of aromatic nitrogens is 3. The van der Waals surface area contributed by atoms with Gasteiger partial charge in [-0.15, -0.1) is 24.0 Å². The standard InChI is InChI=1S/C18H33N7S.HI/c1-3-19-17(20-13-16-22-15-23-24(16)2)21-14-18(7-5-4-6-8-18)25-9-11-26-12-10-25;/h15H,3-14H2,1-2H3,(H2,19,20,21);1H. The first-order chi connectivity index (χ1) is 12.7. The van der Waals surface area contributed by atoms with Gasteiger partial charge in [-0.3, -0.25) is 9.58 Å². The van der Waals surface area contributed by atoms with Crippen molar-refractivity contribution in [3.05, 3.63) is 12.2 Å². The predicted molar refractivity (Wildman–Crippen MR) is 124 cm³/mol. The number of thioether (sulfide) groups is 1.